The third-order valence-corrected chi connectivity index (χ3v) is 4.54. The van der Waals surface area contributed by atoms with Crippen LogP contribution in [0.2, 0.25) is 10.0 Å². The van der Waals surface area contributed by atoms with Crippen LogP contribution in [0.5, 0.6) is 0 Å². The van der Waals surface area contributed by atoms with Gasteiger partial charge in [-0.15, -0.1) is 0 Å². The molecule has 1 aromatic carbocycles. The van der Waals surface area contributed by atoms with E-state index in [4.69, 9.17) is 35.4 Å². The SMILES string of the molecule is S=c1[nH]nc(-c2cccc(Cl)c2Cl)n1N1CCCCC1. The van der Waals surface area contributed by atoms with E-state index in [1.165, 1.54) is 6.42 Å². The van der Waals surface area contributed by atoms with Gasteiger partial charge in [0.1, 0.15) is 0 Å². The van der Waals surface area contributed by atoms with Gasteiger partial charge in [0, 0.05) is 18.7 Å². The molecule has 0 radical (unpaired) electrons. The molecule has 1 saturated heterocycles. The summed E-state index contributed by atoms with van der Waals surface area (Å²) in [5.74, 6) is 0.712. The van der Waals surface area contributed by atoms with Gasteiger partial charge in [-0.1, -0.05) is 29.3 Å². The van der Waals surface area contributed by atoms with Crippen LogP contribution < -0.4 is 5.01 Å². The molecule has 2 aromatic rings. The van der Waals surface area contributed by atoms with Crippen LogP contribution in [0.3, 0.4) is 0 Å². The van der Waals surface area contributed by atoms with E-state index in [-0.39, 0.29) is 0 Å². The van der Waals surface area contributed by atoms with Crippen molar-refractivity contribution in [2.24, 2.45) is 0 Å². The minimum absolute atomic E-state index is 0.501. The van der Waals surface area contributed by atoms with Gasteiger partial charge in [0.15, 0.2) is 5.82 Å². The van der Waals surface area contributed by atoms with Crippen molar-refractivity contribution in [3.63, 3.8) is 0 Å². The second-order valence-corrected chi connectivity index (χ2v) is 5.95. The number of nitrogens with one attached hydrogen (secondary N) is 1. The normalized spacial score (nSPS) is 15.6. The molecule has 1 fully saturated rings. The van der Waals surface area contributed by atoms with Gasteiger partial charge in [0.05, 0.1) is 10.0 Å². The molecule has 0 spiro atoms. The Labute approximate surface area is 132 Å². The van der Waals surface area contributed by atoms with Gasteiger partial charge in [-0.25, -0.2) is 9.77 Å². The molecular weight excluding hydrogens is 315 g/mol. The van der Waals surface area contributed by atoms with E-state index in [0.717, 1.165) is 31.5 Å². The third kappa shape index (κ3) is 2.45. The number of halogens is 2. The molecule has 1 aliphatic heterocycles. The predicted octanol–water partition coefficient (Wildman–Crippen LogP) is 4.04. The molecule has 1 aliphatic rings. The smallest absolute Gasteiger partial charge is 0.214 e. The maximum Gasteiger partial charge on any atom is 0.214 e. The summed E-state index contributed by atoms with van der Waals surface area (Å²) in [6.07, 6.45) is 3.58. The molecule has 0 atom stereocenters. The number of piperidine rings is 1. The Morgan fingerprint density at radius 1 is 1.15 bits per heavy atom. The third-order valence-electron chi connectivity index (χ3n) is 3.46. The first-order chi connectivity index (χ1) is 9.68. The van der Waals surface area contributed by atoms with E-state index in [1.54, 1.807) is 6.07 Å². The summed E-state index contributed by atoms with van der Waals surface area (Å²) in [4.78, 5) is 0. The number of H-pyrrole nitrogens is 1. The monoisotopic (exact) mass is 328 g/mol. The Hall–Kier alpha value is -1.04. The second kappa shape index (κ2) is 5.76. The van der Waals surface area contributed by atoms with E-state index in [2.05, 4.69) is 15.2 Å². The van der Waals surface area contributed by atoms with Crippen LogP contribution >= 0.6 is 35.4 Å². The fourth-order valence-electron chi connectivity index (χ4n) is 2.48. The number of hydrogen-bond acceptors (Lipinski definition) is 3. The molecule has 7 heteroatoms. The first-order valence-electron chi connectivity index (χ1n) is 6.55. The number of aromatic nitrogens is 3. The van der Waals surface area contributed by atoms with E-state index in [9.17, 15) is 0 Å². The van der Waals surface area contributed by atoms with Crippen molar-refractivity contribution in [1.82, 2.24) is 14.9 Å². The maximum absolute atomic E-state index is 6.30. The zero-order valence-electron chi connectivity index (χ0n) is 10.8. The van der Waals surface area contributed by atoms with Crippen LogP contribution in [0.15, 0.2) is 18.2 Å². The largest absolute Gasteiger partial charge is 0.309 e. The highest BCUT2D eigenvalue weighted by Gasteiger charge is 2.19. The molecule has 106 valence electrons. The van der Waals surface area contributed by atoms with Crippen molar-refractivity contribution in [3.8, 4) is 11.4 Å². The lowest BCUT2D eigenvalue weighted by molar-refractivity contribution is 0.477. The van der Waals surface area contributed by atoms with E-state index in [0.29, 0.717) is 20.6 Å². The van der Waals surface area contributed by atoms with E-state index >= 15 is 0 Å². The zero-order valence-corrected chi connectivity index (χ0v) is 13.1. The minimum atomic E-state index is 0.501. The zero-order chi connectivity index (χ0) is 14.1. The Morgan fingerprint density at radius 2 is 1.90 bits per heavy atom. The first-order valence-corrected chi connectivity index (χ1v) is 7.72. The summed E-state index contributed by atoms with van der Waals surface area (Å²) in [7, 11) is 0. The molecule has 0 saturated carbocycles. The molecule has 3 rings (SSSR count). The number of aromatic amines is 1. The number of nitrogens with zero attached hydrogens (tertiary/aromatic N) is 3. The van der Waals surface area contributed by atoms with Crippen molar-refractivity contribution < 1.29 is 0 Å². The molecule has 0 amide bonds. The Balaban J connectivity index is 2.10. The van der Waals surface area contributed by atoms with Crippen molar-refractivity contribution >= 4 is 35.4 Å². The van der Waals surface area contributed by atoms with Crippen LogP contribution in [-0.2, 0) is 0 Å². The fourth-order valence-corrected chi connectivity index (χ4v) is 3.11. The van der Waals surface area contributed by atoms with Crippen LogP contribution in [0.1, 0.15) is 19.3 Å². The highest BCUT2D eigenvalue weighted by molar-refractivity contribution is 7.71. The summed E-state index contributed by atoms with van der Waals surface area (Å²) in [6.45, 7) is 1.94. The van der Waals surface area contributed by atoms with Crippen molar-refractivity contribution in [3.05, 3.63) is 33.0 Å². The average Bonchev–Trinajstić information content (AvgIpc) is 2.84. The Kier molecular flexibility index (Phi) is 4.01. The van der Waals surface area contributed by atoms with Crippen LogP contribution in [0, 0.1) is 4.77 Å². The molecule has 1 N–H and O–H groups in total. The van der Waals surface area contributed by atoms with Crippen molar-refractivity contribution in [2.75, 3.05) is 18.1 Å². The van der Waals surface area contributed by atoms with Crippen LogP contribution in [0.4, 0.5) is 0 Å². The lowest BCUT2D eigenvalue weighted by atomic mass is 10.1. The fraction of sp³-hybridized carbons (Fsp3) is 0.385. The molecule has 1 aromatic heterocycles. The van der Waals surface area contributed by atoms with E-state index in [1.807, 2.05) is 16.8 Å². The quantitative estimate of drug-likeness (QED) is 0.845. The Bertz CT molecular complexity index is 673. The van der Waals surface area contributed by atoms with Gasteiger partial charge in [0.2, 0.25) is 4.77 Å². The lowest BCUT2D eigenvalue weighted by Crippen LogP contribution is -2.39. The molecule has 0 bridgehead atoms. The standard InChI is InChI=1S/C13H14Cl2N4S/c14-10-6-4-5-9(11(10)15)12-16-17-13(20)19(12)18-7-2-1-3-8-18/h4-6H,1-3,7-8H2,(H,17,20). The molecule has 0 aliphatic carbocycles. The topological polar surface area (TPSA) is 36.9 Å². The van der Waals surface area contributed by atoms with Crippen molar-refractivity contribution in [2.45, 2.75) is 19.3 Å². The van der Waals surface area contributed by atoms with Gasteiger partial charge < -0.3 is 5.01 Å². The summed E-state index contributed by atoms with van der Waals surface area (Å²) in [6, 6.07) is 5.53. The molecule has 20 heavy (non-hydrogen) atoms. The predicted molar refractivity (Wildman–Crippen MR) is 84.7 cm³/mol. The average molecular weight is 329 g/mol. The second-order valence-electron chi connectivity index (χ2n) is 4.78. The van der Waals surface area contributed by atoms with Gasteiger partial charge in [-0.3, -0.25) is 0 Å². The summed E-state index contributed by atoms with van der Waals surface area (Å²) < 4.78 is 2.52. The Morgan fingerprint density at radius 3 is 2.65 bits per heavy atom. The minimum Gasteiger partial charge on any atom is -0.309 e. The highest BCUT2D eigenvalue weighted by Crippen LogP contribution is 2.32. The highest BCUT2D eigenvalue weighted by atomic mass is 35.5. The molecule has 2 heterocycles. The summed E-state index contributed by atoms with van der Waals surface area (Å²) in [5.41, 5.74) is 0.789. The molecule has 4 nitrogen and oxygen atoms in total. The molecule has 0 unspecified atom stereocenters. The van der Waals surface area contributed by atoms with Gasteiger partial charge in [-0.05, 0) is 43.6 Å². The van der Waals surface area contributed by atoms with Crippen LogP contribution in [-0.4, -0.2) is 28.0 Å². The van der Waals surface area contributed by atoms with Gasteiger partial charge in [0.25, 0.3) is 0 Å². The lowest BCUT2D eigenvalue weighted by Gasteiger charge is -2.30. The summed E-state index contributed by atoms with van der Waals surface area (Å²) >= 11 is 17.7. The van der Waals surface area contributed by atoms with E-state index < -0.39 is 0 Å². The number of hydrogen-bond donors (Lipinski definition) is 1. The molecular formula is C13H14Cl2N4S. The van der Waals surface area contributed by atoms with Gasteiger partial charge in [-0.2, -0.15) is 5.10 Å². The number of rotatable bonds is 2. The summed E-state index contributed by atoms with van der Waals surface area (Å²) in [5, 5.41) is 10.4. The first kappa shape index (κ1) is 13.9. The number of benzene rings is 1. The van der Waals surface area contributed by atoms with Gasteiger partial charge >= 0.3 is 0 Å². The van der Waals surface area contributed by atoms with Crippen LogP contribution in [0.25, 0.3) is 11.4 Å². The van der Waals surface area contributed by atoms with Crippen molar-refractivity contribution in [1.29, 1.82) is 0 Å². The maximum atomic E-state index is 6.30.